The number of hydrogen-bond acceptors (Lipinski definition) is 1. The molecule has 0 unspecified atom stereocenters. The molecule has 0 rings (SSSR count). The summed E-state index contributed by atoms with van der Waals surface area (Å²) in [5.74, 6) is 0.873. The van der Waals surface area contributed by atoms with Crippen LogP contribution in [-0.4, -0.2) is 6.54 Å². The summed E-state index contributed by atoms with van der Waals surface area (Å²) < 4.78 is 0. The fourth-order valence-corrected chi connectivity index (χ4v) is 1.05. The van der Waals surface area contributed by atoms with Gasteiger partial charge in [-0.1, -0.05) is 53.4 Å². The molecule has 0 aromatic carbocycles. The van der Waals surface area contributed by atoms with Gasteiger partial charge in [-0.2, -0.15) is 0 Å². The summed E-state index contributed by atoms with van der Waals surface area (Å²) in [6.07, 6.45) is 6.67. The van der Waals surface area contributed by atoms with Gasteiger partial charge >= 0.3 is 0 Å². The summed E-state index contributed by atoms with van der Waals surface area (Å²) in [6.45, 7) is 9.42. The van der Waals surface area contributed by atoms with Crippen molar-refractivity contribution in [3.8, 4) is 0 Å². The Kier molecular flexibility index (Phi) is 16.3. The van der Waals surface area contributed by atoms with Gasteiger partial charge in [-0.3, -0.25) is 0 Å². The van der Waals surface area contributed by atoms with E-state index in [4.69, 9.17) is 5.73 Å². The Hall–Kier alpha value is -0.0400. The predicted octanol–water partition coefficient (Wildman–Crippen LogP) is 3.82. The molecule has 0 aliphatic heterocycles. The second kappa shape index (κ2) is 13.5. The molecule has 0 spiro atoms. The zero-order chi connectivity index (χ0) is 9.82. The Morgan fingerprint density at radius 1 is 1.00 bits per heavy atom. The molecule has 0 aliphatic carbocycles. The first-order valence-corrected chi connectivity index (χ1v) is 5.47. The van der Waals surface area contributed by atoms with E-state index in [1.165, 1.54) is 32.1 Å². The standard InChI is InChI=1S/C9H21N.C2H6.H2/c1-9(2)7-5-3-4-6-8-10;1-2;/h9H,3-8,10H2,1-2H3;1-2H3;1H. The van der Waals surface area contributed by atoms with E-state index < -0.39 is 0 Å². The van der Waals surface area contributed by atoms with E-state index in [9.17, 15) is 0 Å². The summed E-state index contributed by atoms with van der Waals surface area (Å²) in [5.41, 5.74) is 5.37. The highest BCUT2D eigenvalue weighted by atomic mass is 14.5. The molecule has 0 heterocycles. The first-order valence-electron chi connectivity index (χ1n) is 5.47. The lowest BCUT2D eigenvalue weighted by Gasteiger charge is -2.02. The topological polar surface area (TPSA) is 26.0 Å². The average molecular weight is 175 g/mol. The molecule has 0 amide bonds. The monoisotopic (exact) mass is 175 g/mol. The third kappa shape index (κ3) is 16.5. The fourth-order valence-electron chi connectivity index (χ4n) is 1.05. The maximum Gasteiger partial charge on any atom is 0 e. The van der Waals surface area contributed by atoms with Gasteiger partial charge in [0.15, 0.2) is 0 Å². The third-order valence-electron chi connectivity index (χ3n) is 1.74. The van der Waals surface area contributed by atoms with Crippen LogP contribution in [0.4, 0.5) is 0 Å². The van der Waals surface area contributed by atoms with Gasteiger partial charge in [-0.05, 0) is 18.9 Å². The zero-order valence-corrected chi connectivity index (χ0v) is 9.40. The second-order valence-corrected chi connectivity index (χ2v) is 3.39. The summed E-state index contributed by atoms with van der Waals surface area (Å²) in [6, 6.07) is 0. The van der Waals surface area contributed by atoms with Gasteiger partial charge in [0.2, 0.25) is 0 Å². The van der Waals surface area contributed by atoms with Crippen LogP contribution in [0.15, 0.2) is 0 Å². The molecule has 0 aliphatic rings. The lowest BCUT2D eigenvalue weighted by atomic mass is 10.0. The minimum atomic E-state index is 0. The Labute approximate surface area is 80.2 Å². The van der Waals surface area contributed by atoms with E-state index in [1.54, 1.807) is 0 Å². The first kappa shape index (κ1) is 14.5. The lowest BCUT2D eigenvalue weighted by molar-refractivity contribution is 0.521. The maximum absolute atomic E-state index is 5.37. The van der Waals surface area contributed by atoms with E-state index in [-0.39, 0.29) is 1.43 Å². The van der Waals surface area contributed by atoms with Gasteiger partial charge in [-0.15, -0.1) is 0 Å². The van der Waals surface area contributed by atoms with E-state index in [1.807, 2.05) is 13.8 Å². The SMILES string of the molecule is CC.CC(C)CCCCCCN.[HH]. The van der Waals surface area contributed by atoms with E-state index in [0.717, 1.165) is 12.5 Å². The smallest absolute Gasteiger partial charge is 0 e. The van der Waals surface area contributed by atoms with Crippen molar-refractivity contribution in [3.63, 3.8) is 0 Å². The molecule has 0 fully saturated rings. The van der Waals surface area contributed by atoms with E-state index in [2.05, 4.69) is 13.8 Å². The van der Waals surface area contributed by atoms with Crippen LogP contribution < -0.4 is 5.73 Å². The van der Waals surface area contributed by atoms with Crippen molar-refractivity contribution in [2.45, 2.75) is 59.8 Å². The van der Waals surface area contributed by atoms with Gasteiger partial charge in [0, 0.05) is 1.43 Å². The number of nitrogens with two attached hydrogens (primary N) is 1. The highest BCUT2D eigenvalue weighted by Crippen LogP contribution is 2.08. The summed E-state index contributed by atoms with van der Waals surface area (Å²) in [5, 5.41) is 0. The first-order chi connectivity index (χ1) is 5.77. The molecule has 0 bridgehead atoms. The number of rotatable bonds is 6. The Morgan fingerprint density at radius 2 is 1.50 bits per heavy atom. The number of unbranched alkanes of at least 4 members (excludes halogenated alkanes) is 3. The van der Waals surface area contributed by atoms with Crippen LogP contribution >= 0.6 is 0 Å². The third-order valence-corrected chi connectivity index (χ3v) is 1.74. The molecule has 0 aromatic rings. The fraction of sp³-hybridized carbons (Fsp3) is 1.00. The molecule has 0 radical (unpaired) electrons. The highest BCUT2D eigenvalue weighted by molar-refractivity contribution is 4.47. The van der Waals surface area contributed by atoms with Crippen LogP contribution in [0.25, 0.3) is 0 Å². The molecule has 1 heteroatoms. The van der Waals surface area contributed by atoms with Crippen molar-refractivity contribution >= 4 is 0 Å². The molecular weight excluding hydrogens is 146 g/mol. The molecule has 78 valence electrons. The molecule has 1 nitrogen and oxygen atoms in total. The molecular formula is C11H29N. The number of hydrogen-bond donors (Lipinski definition) is 1. The Bertz CT molecular complexity index is 65.1. The van der Waals surface area contributed by atoms with Crippen LogP contribution in [0, 0.1) is 5.92 Å². The highest BCUT2D eigenvalue weighted by Gasteiger charge is 1.92. The lowest BCUT2D eigenvalue weighted by Crippen LogP contribution is -1.97. The summed E-state index contributed by atoms with van der Waals surface area (Å²) in [4.78, 5) is 0. The molecule has 0 saturated carbocycles. The van der Waals surface area contributed by atoms with E-state index >= 15 is 0 Å². The minimum absolute atomic E-state index is 0. The molecule has 12 heavy (non-hydrogen) atoms. The second-order valence-electron chi connectivity index (χ2n) is 3.39. The summed E-state index contributed by atoms with van der Waals surface area (Å²) >= 11 is 0. The van der Waals surface area contributed by atoms with Crippen molar-refractivity contribution in [1.29, 1.82) is 0 Å². The molecule has 0 aromatic heterocycles. The molecule has 0 atom stereocenters. The summed E-state index contributed by atoms with van der Waals surface area (Å²) in [7, 11) is 0. The largest absolute Gasteiger partial charge is 0.330 e. The van der Waals surface area contributed by atoms with Crippen LogP contribution in [0.2, 0.25) is 0 Å². The van der Waals surface area contributed by atoms with Gasteiger partial charge < -0.3 is 5.73 Å². The van der Waals surface area contributed by atoms with Crippen molar-refractivity contribution in [2.24, 2.45) is 11.7 Å². The normalized spacial score (nSPS) is 9.50. The minimum Gasteiger partial charge on any atom is -0.330 e. The van der Waals surface area contributed by atoms with Crippen LogP contribution in [0.3, 0.4) is 0 Å². The van der Waals surface area contributed by atoms with Gasteiger partial charge in [0.1, 0.15) is 0 Å². The van der Waals surface area contributed by atoms with Gasteiger partial charge in [-0.25, -0.2) is 0 Å². The maximum atomic E-state index is 5.37. The van der Waals surface area contributed by atoms with Gasteiger partial charge in [0.05, 0.1) is 0 Å². The molecule has 0 saturated heterocycles. The Morgan fingerprint density at radius 3 is 1.92 bits per heavy atom. The quantitative estimate of drug-likeness (QED) is 0.610. The van der Waals surface area contributed by atoms with E-state index in [0.29, 0.717) is 0 Å². The van der Waals surface area contributed by atoms with Crippen molar-refractivity contribution in [3.05, 3.63) is 0 Å². The average Bonchev–Trinajstić information content (AvgIpc) is 2.07. The van der Waals surface area contributed by atoms with Crippen molar-refractivity contribution < 1.29 is 1.43 Å². The predicted molar refractivity (Wildman–Crippen MR) is 60.4 cm³/mol. The van der Waals surface area contributed by atoms with Gasteiger partial charge in [0.25, 0.3) is 0 Å². The zero-order valence-electron chi connectivity index (χ0n) is 9.40. The molecule has 2 N–H and O–H groups in total. The van der Waals surface area contributed by atoms with Crippen LogP contribution in [-0.2, 0) is 0 Å². The van der Waals surface area contributed by atoms with Crippen molar-refractivity contribution in [2.75, 3.05) is 6.54 Å². The van der Waals surface area contributed by atoms with Crippen LogP contribution in [0.5, 0.6) is 0 Å². The van der Waals surface area contributed by atoms with Crippen LogP contribution in [0.1, 0.15) is 61.2 Å². The Balaban J connectivity index is -0.000000309. The van der Waals surface area contributed by atoms with Crippen molar-refractivity contribution in [1.82, 2.24) is 0 Å².